The van der Waals surface area contributed by atoms with Gasteiger partial charge in [0.15, 0.2) is 5.65 Å². The van der Waals surface area contributed by atoms with Crippen LogP contribution in [0.2, 0.25) is 0 Å². The first-order valence-electron chi connectivity index (χ1n) is 13.2. The van der Waals surface area contributed by atoms with Crippen molar-refractivity contribution in [3.63, 3.8) is 0 Å². The normalized spacial score (nSPS) is 15.7. The van der Waals surface area contributed by atoms with Crippen LogP contribution in [0.4, 0.5) is 17.2 Å². The van der Waals surface area contributed by atoms with Crippen LogP contribution in [0.25, 0.3) is 21.9 Å². The molecule has 0 radical (unpaired) electrons. The van der Waals surface area contributed by atoms with Crippen molar-refractivity contribution in [3.05, 3.63) is 78.9 Å². The molecule has 1 fully saturated rings. The lowest BCUT2D eigenvalue weighted by molar-refractivity contribution is -0.111. The van der Waals surface area contributed by atoms with E-state index in [4.69, 9.17) is 4.74 Å². The number of aryl methyl sites for hydroxylation is 2. The molecule has 5 aromatic rings. The second-order valence-electron chi connectivity index (χ2n) is 10.1. The van der Waals surface area contributed by atoms with Crippen molar-refractivity contribution in [2.75, 3.05) is 24.2 Å². The third-order valence-corrected chi connectivity index (χ3v) is 7.16. The van der Waals surface area contributed by atoms with Crippen molar-refractivity contribution in [3.8, 4) is 11.5 Å². The Balaban J connectivity index is 1.18. The lowest BCUT2D eigenvalue weighted by Gasteiger charge is -2.14. The summed E-state index contributed by atoms with van der Waals surface area (Å²) in [6.45, 7) is 3.05. The van der Waals surface area contributed by atoms with E-state index in [0.29, 0.717) is 23.3 Å². The summed E-state index contributed by atoms with van der Waals surface area (Å²) in [6, 6.07) is 13.7. The smallest absolute Gasteiger partial charge is 0.248 e. The van der Waals surface area contributed by atoms with E-state index in [1.165, 1.54) is 6.33 Å². The van der Waals surface area contributed by atoms with Crippen LogP contribution >= 0.6 is 0 Å². The number of hydrogen-bond donors (Lipinski definition) is 2. The van der Waals surface area contributed by atoms with Crippen LogP contribution < -0.4 is 15.4 Å². The number of fused-ring (bicyclic) bond motifs is 2. The van der Waals surface area contributed by atoms with E-state index in [9.17, 15) is 4.79 Å². The fourth-order valence-electron chi connectivity index (χ4n) is 4.98. The second kappa shape index (κ2) is 10.7. The van der Waals surface area contributed by atoms with Crippen LogP contribution in [0.15, 0.2) is 73.3 Å². The molecule has 0 spiro atoms. The van der Waals surface area contributed by atoms with Gasteiger partial charge in [0.25, 0.3) is 0 Å². The molecule has 4 heterocycles. The third-order valence-electron chi connectivity index (χ3n) is 7.16. The van der Waals surface area contributed by atoms with E-state index in [2.05, 4.69) is 42.6 Å². The van der Waals surface area contributed by atoms with Gasteiger partial charge in [-0.25, -0.2) is 15.0 Å². The Morgan fingerprint density at radius 2 is 1.93 bits per heavy atom. The predicted molar refractivity (Wildman–Crippen MR) is 156 cm³/mol. The van der Waals surface area contributed by atoms with Gasteiger partial charge >= 0.3 is 0 Å². The minimum absolute atomic E-state index is 0.157. The van der Waals surface area contributed by atoms with E-state index < -0.39 is 0 Å². The molecule has 202 valence electrons. The van der Waals surface area contributed by atoms with Crippen molar-refractivity contribution >= 4 is 45.0 Å². The predicted octanol–water partition coefficient (Wildman–Crippen LogP) is 5.34. The number of aromatic nitrogens is 5. The van der Waals surface area contributed by atoms with Gasteiger partial charge in [0.05, 0.1) is 17.9 Å². The zero-order chi connectivity index (χ0) is 27.6. The molecule has 10 nitrogen and oxygen atoms in total. The molecule has 1 saturated heterocycles. The number of likely N-dealkylation sites (N-methyl/N-ethyl adjacent to an activating group) is 1. The zero-order valence-corrected chi connectivity index (χ0v) is 22.6. The number of carbonyl (C=O) groups excluding carboxylic acids is 1. The van der Waals surface area contributed by atoms with E-state index in [-0.39, 0.29) is 5.91 Å². The number of ether oxygens (including phenoxy) is 1. The molecule has 2 aromatic carbocycles. The fourth-order valence-corrected chi connectivity index (χ4v) is 4.98. The summed E-state index contributed by atoms with van der Waals surface area (Å²) in [5, 5.41) is 12.3. The van der Waals surface area contributed by atoms with Crippen LogP contribution in [-0.4, -0.2) is 55.2 Å². The molecule has 1 aliphatic heterocycles. The molecular formula is C30H30N8O2. The quantitative estimate of drug-likeness (QED) is 0.269. The first kappa shape index (κ1) is 25.4. The topological polar surface area (TPSA) is 110 Å². The Bertz CT molecular complexity index is 1750. The van der Waals surface area contributed by atoms with Gasteiger partial charge in [0, 0.05) is 41.3 Å². The van der Waals surface area contributed by atoms with Crippen molar-refractivity contribution in [2.24, 2.45) is 7.05 Å². The van der Waals surface area contributed by atoms with Gasteiger partial charge in [-0.15, -0.1) is 0 Å². The molecule has 0 unspecified atom stereocenters. The Morgan fingerprint density at radius 3 is 2.75 bits per heavy atom. The Labute approximate surface area is 231 Å². The van der Waals surface area contributed by atoms with Crippen LogP contribution in [0, 0.1) is 6.92 Å². The van der Waals surface area contributed by atoms with Crippen molar-refractivity contribution < 1.29 is 9.53 Å². The molecule has 10 heteroatoms. The summed E-state index contributed by atoms with van der Waals surface area (Å²) in [5.74, 6) is 1.86. The Hall–Kier alpha value is -4.83. The highest BCUT2D eigenvalue weighted by Gasteiger charge is 2.18. The molecule has 0 aliphatic carbocycles. The minimum Gasteiger partial charge on any atom is -0.455 e. The number of benzene rings is 2. The highest BCUT2D eigenvalue weighted by atomic mass is 16.5. The van der Waals surface area contributed by atoms with Gasteiger partial charge in [0.1, 0.15) is 23.6 Å². The Kier molecular flexibility index (Phi) is 6.83. The molecule has 0 saturated carbocycles. The highest BCUT2D eigenvalue weighted by Crippen LogP contribution is 2.31. The molecule has 6 rings (SSSR count). The number of hydrogen-bond acceptors (Lipinski definition) is 8. The van der Waals surface area contributed by atoms with Gasteiger partial charge in [-0.2, -0.15) is 5.10 Å². The van der Waals surface area contributed by atoms with E-state index in [0.717, 1.165) is 58.3 Å². The van der Waals surface area contributed by atoms with Crippen molar-refractivity contribution in [2.45, 2.75) is 25.8 Å². The number of pyridine rings is 1. The number of likely N-dealkylation sites (tertiary alicyclic amines) is 1. The summed E-state index contributed by atoms with van der Waals surface area (Å²) in [7, 11) is 3.94. The van der Waals surface area contributed by atoms with Gasteiger partial charge in [-0.3, -0.25) is 14.4 Å². The van der Waals surface area contributed by atoms with Crippen LogP contribution in [-0.2, 0) is 11.8 Å². The number of nitrogens with one attached hydrogen (secondary N) is 2. The number of carbonyl (C=O) groups is 1. The maximum atomic E-state index is 12.6. The molecule has 1 amide bonds. The monoisotopic (exact) mass is 534 g/mol. The summed E-state index contributed by atoms with van der Waals surface area (Å²) in [4.78, 5) is 28.1. The molecule has 3 aromatic heterocycles. The molecular weight excluding hydrogens is 504 g/mol. The average molecular weight is 535 g/mol. The maximum Gasteiger partial charge on any atom is 0.248 e. The largest absolute Gasteiger partial charge is 0.455 e. The van der Waals surface area contributed by atoms with Gasteiger partial charge in [0.2, 0.25) is 5.91 Å². The van der Waals surface area contributed by atoms with Crippen molar-refractivity contribution in [1.82, 2.24) is 29.6 Å². The van der Waals surface area contributed by atoms with Gasteiger partial charge < -0.3 is 15.4 Å². The number of amides is 1. The number of nitrogens with zero attached hydrogens (tertiary/aromatic N) is 6. The summed E-state index contributed by atoms with van der Waals surface area (Å²) >= 11 is 0. The number of rotatable bonds is 7. The van der Waals surface area contributed by atoms with E-state index in [1.54, 1.807) is 23.2 Å². The molecule has 1 aliphatic rings. The van der Waals surface area contributed by atoms with E-state index >= 15 is 0 Å². The molecule has 0 bridgehead atoms. The molecule has 40 heavy (non-hydrogen) atoms. The standard InChI is InChI=1S/C30H30N8O2/c1-19-13-21(7-10-27(19)40-24-14-20-16-34-38(3)30(20)31-17-24)36-29-25-15-22(6-9-26(25)32-18-33-29)35-28(39)11-8-23-5-4-12-37(23)2/h6-11,13-18,23H,4-5,12H2,1-3H3,(H,35,39)(H,32,33,36)/b11-8+/t23-/m1/s1. The number of anilines is 3. The summed E-state index contributed by atoms with van der Waals surface area (Å²) in [5.41, 5.74) is 4.05. The molecule has 2 N–H and O–H groups in total. The van der Waals surface area contributed by atoms with Crippen molar-refractivity contribution in [1.29, 1.82) is 0 Å². The Morgan fingerprint density at radius 1 is 1.05 bits per heavy atom. The minimum atomic E-state index is -0.157. The lowest BCUT2D eigenvalue weighted by atomic mass is 10.1. The zero-order valence-electron chi connectivity index (χ0n) is 22.6. The lowest BCUT2D eigenvalue weighted by Crippen LogP contribution is -2.23. The van der Waals surface area contributed by atoms with Gasteiger partial charge in [-0.05, 0) is 81.4 Å². The van der Waals surface area contributed by atoms with Gasteiger partial charge in [-0.1, -0.05) is 6.08 Å². The first-order chi connectivity index (χ1) is 19.4. The average Bonchev–Trinajstić information content (AvgIpc) is 3.53. The molecule has 1 atom stereocenters. The SMILES string of the molecule is Cc1cc(Nc2ncnc3ccc(NC(=O)/C=C/[C@H]4CCCN4C)cc23)ccc1Oc1cnc2c(cnn2C)c1. The van der Waals surface area contributed by atoms with Crippen LogP contribution in [0.3, 0.4) is 0 Å². The third kappa shape index (κ3) is 5.34. The summed E-state index contributed by atoms with van der Waals surface area (Å²) < 4.78 is 7.84. The first-order valence-corrected chi connectivity index (χ1v) is 13.2. The maximum absolute atomic E-state index is 12.6. The second-order valence-corrected chi connectivity index (χ2v) is 10.1. The van der Waals surface area contributed by atoms with Crippen LogP contribution in [0.1, 0.15) is 18.4 Å². The fraction of sp³-hybridized carbons (Fsp3) is 0.233. The summed E-state index contributed by atoms with van der Waals surface area (Å²) in [6.07, 6.45) is 10.8. The van der Waals surface area contributed by atoms with E-state index in [1.807, 2.05) is 62.5 Å². The van der Waals surface area contributed by atoms with Crippen LogP contribution in [0.5, 0.6) is 11.5 Å². The highest BCUT2D eigenvalue weighted by molar-refractivity contribution is 6.02.